The lowest BCUT2D eigenvalue weighted by Crippen LogP contribution is -2.55. The Hall–Kier alpha value is -3.93. The first-order chi connectivity index (χ1) is 18.7. The van der Waals surface area contributed by atoms with Crippen molar-refractivity contribution in [1.82, 2.24) is 10.6 Å². The van der Waals surface area contributed by atoms with E-state index in [2.05, 4.69) is 10.6 Å². The predicted octanol–water partition coefficient (Wildman–Crippen LogP) is 3.01. The summed E-state index contributed by atoms with van der Waals surface area (Å²) in [6.07, 6.45) is -3.25. The van der Waals surface area contributed by atoms with E-state index < -0.39 is 42.1 Å². The van der Waals surface area contributed by atoms with E-state index in [9.17, 15) is 27.6 Å². The van der Waals surface area contributed by atoms with Crippen LogP contribution in [0.5, 0.6) is 0 Å². The Morgan fingerprint density at radius 1 is 0.875 bits per heavy atom. The van der Waals surface area contributed by atoms with Gasteiger partial charge in [0.2, 0.25) is 11.8 Å². The molecule has 0 aliphatic heterocycles. The topological polar surface area (TPSA) is 148 Å². The Bertz CT molecular complexity index is 1080. The first-order valence-corrected chi connectivity index (χ1v) is 12.6. The third-order valence-electron chi connectivity index (χ3n) is 5.59. The maximum atomic E-state index is 13.1. The van der Waals surface area contributed by atoms with Crippen molar-refractivity contribution in [3.63, 3.8) is 0 Å². The van der Waals surface area contributed by atoms with E-state index in [1.54, 1.807) is 0 Å². The number of rotatable bonds is 12. The second-order valence-electron chi connectivity index (χ2n) is 9.40. The van der Waals surface area contributed by atoms with Gasteiger partial charge in [-0.05, 0) is 36.3 Å². The molecule has 2 aromatic carbocycles. The number of hydrogen-bond donors (Lipinski definition) is 4. The third-order valence-corrected chi connectivity index (χ3v) is 5.59. The number of nitrogens with one attached hydrogen (secondary N) is 2. The van der Waals surface area contributed by atoms with Crippen LogP contribution < -0.4 is 16.4 Å². The Morgan fingerprint density at radius 3 is 1.80 bits per heavy atom. The van der Waals surface area contributed by atoms with Gasteiger partial charge in [0.25, 0.3) is 0 Å². The van der Waals surface area contributed by atoms with Gasteiger partial charge in [0.1, 0.15) is 12.1 Å². The number of benzene rings is 2. The fourth-order valence-corrected chi connectivity index (χ4v) is 3.54. The van der Waals surface area contributed by atoms with Gasteiger partial charge in [0.05, 0.1) is 13.2 Å². The van der Waals surface area contributed by atoms with Crippen LogP contribution in [0.3, 0.4) is 0 Å². The van der Waals surface area contributed by atoms with Gasteiger partial charge >= 0.3 is 18.1 Å². The summed E-state index contributed by atoms with van der Waals surface area (Å²) < 4.78 is 36.6. The molecule has 0 bridgehead atoms. The van der Waals surface area contributed by atoms with Crippen molar-refractivity contribution in [2.24, 2.45) is 11.7 Å². The van der Waals surface area contributed by atoms with Crippen LogP contribution in [-0.2, 0) is 36.8 Å². The number of carboxylic acids is 1. The maximum Gasteiger partial charge on any atom is 0.490 e. The number of halogens is 3. The van der Waals surface area contributed by atoms with Gasteiger partial charge < -0.3 is 26.2 Å². The van der Waals surface area contributed by atoms with Crippen molar-refractivity contribution in [2.75, 3.05) is 7.11 Å². The highest BCUT2D eigenvalue weighted by Crippen LogP contribution is 2.13. The molecule has 0 fully saturated rings. The van der Waals surface area contributed by atoms with E-state index >= 15 is 0 Å². The highest BCUT2D eigenvalue weighted by Gasteiger charge is 2.38. The smallest absolute Gasteiger partial charge is 0.475 e. The minimum absolute atomic E-state index is 0.146. The zero-order valence-corrected chi connectivity index (χ0v) is 22.6. The molecule has 12 heteroatoms. The molecule has 0 aliphatic carbocycles. The van der Waals surface area contributed by atoms with Crippen molar-refractivity contribution in [2.45, 2.75) is 63.8 Å². The number of ether oxygens (including phenoxy) is 1. The van der Waals surface area contributed by atoms with Crippen LogP contribution in [0.15, 0.2) is 60.7 Å². The van der Waals surface area contributed by atoms with Crippen LogP contribution in [0.25, 0.3) is 0 Å². The van der Waals surface area contributed by atoms with Gasteiger partial charge in [-0.15, -0.1) is 0 Å². The molecule has 0 heterocycles. The molecule has 2 rings (SSSR count). The van der Waals surface area contributed by atoms with Crippen LogP contribution in [0.1, 0.15) is 37.8 Å². The summed E-state index contributed by atoms with van der Waals surface area (Å²) in [6, 6.07) is 16.7. The van der Waals surface area contributed by atoms with Crippen LogP contribution >= 0.6 is 0 Å². The van der Waals surface area contributed by atoms with Gasteiger partial charge in [0, 0.05) is 6.42 Å². The van der Waals surface area contributed by atoms with Crippen LogP contribution in [-0.4, -0.2) is 60.3 Å². The fourth-order valence-electron chi connectivity index (χ4n) is 3.54. The number of carbonyl (C=O) groups excluding carboxylic acids is 3. The molecule has 220 valence electrons. The summed E-state index contributed by atoms with van der Waals surface area (Å²) in [4.78, 5) is 47.0. The third kappa shape index (κ3) is 13.2. The average Bonchev–Trinajstić information content (AvgIpc) is 2.91. The van der Waals surface area contributed by atoms with E-state index in [4.69, 9.17) is 20.4 Å². The zero-order chi connectivity index (χ0) is 30.3. The van der Waals surface area contributed by atoms with Crippen LogP contribution in [0, 0.1) is 5.92 Å². The maximum absolute atomic E-state index is 13.1. The number of esters is 1. The molecular formula is C28H36F3N3O6. The number of methoxy groups -OCH3 is 1. The molecule has 0 saturated heterocycles. The van der Waals surface area contributed by atoms with E-state index in [-0.39, 0.29) is 18.2 Å². The van der Waals surface area contributed by atoms with Gasteiger partial charge in [-0.25, -0.2) is 9.59 Å². The molecule has 0 radical (unpaired) electrons. The number of carboxylic acid groups (broad SMARTS) is 1. The number of carbonyl (C=O) groups is 4. The van der Waals surface area contributed by atoms with E-state index in [1.807, 2.05) is 74.5 Å². The molecule has 9 nitrogen and oxygen atoms in total. The number of amides is 2. The summed E-state index contributed by atoms with van der Waals surface area (Å²) in [5, 5.41) is 12.7. The number of alkyl halides is 3. The first-order valence-electron chi connectivity index (χ1n) is 12.6. The van der Waals surface area contributed by atoms with Crippen molar-refractivity contribution < 1.29 is 42.2 Å². The Balaban J connectivity index is 0.00000101. The summed E-state index contributed by atoms with van der Waals surface area (Å²) >= 11 is 0. The highest BCUT2D eigenvalue weighted by atomic mass is 19.4. The molecule has 2 aromatic rings. The molecular weight excluding hydrogens is 531 g/mol. The number of aryl methyl sites for hydroxylation is 1. The molecule has 5 N–H and O–H groups in total. The second kappa shape index (κ2) is 16.9. The second-order valence-corrected chi connectivity index (χ2v) is 9.40. The largest absolute Gasteiger partial charge is 0.490 e. The fraction of sp³-hybridized carbons (Fsp3) is 0.429. The zero-order valence-electron chi connectivity index (χ0n) is 22.6. The standard InChI is InChI=1S/C26H35N3O4.C2HF3O2/c1-18(2)16-22(28-24(30)21(27)15-14-19-10-6-4-7-11-19)25(31)29-23(26(32)33-3)17-20-12-8-5-9-13-20;3-2(4,5)1(6)7/h4-13,18,21-23H,14-17,27H2,1-3H3,(H,28,30)(H,29,31);(H,6,7)/t21-,22+,23-;/m1./s1. The lowest BCUT2D eigenvalue weighted by molar-refractivity contribution is -0.192. The van der Waals surface area contributed by atoms with Crippen molar-refractivity contribution in [1.29, 1.82) is 0 Å². The van der Waals surface area contributed by atoms with Crippen molar-refractivity contribution in [3.8, 4) is 0 Å². The molecule has 0 spiro atoms. The van der Waals surface area contributed by atoms with Crippen LogP contribution in [0.2, 0.25) is 0 Å². The van der Waals surface area contributed by atoms with Crippen molar-refractivity contribution in [3.05, 3.63) is 71.8 Å². The summed E-state index contributed by atoms with van der Waals surface area (Å²) in [6.45, 7) is 3.92. The van der Waals surface area contributed by atoms with Gasteiger partial charge in [-0.1, -0.05) is 74.5 Å². The summed E-state index contributed by atoms with van der Waals surface area (Å²) in [5.41, 5.74) is 8.09. The minimum atomic E-state index is -5.08. The first kappa shape index (κ1) is 34.1. The lowest BCUT2D eigenvalue weighted by atomic mass is 10.00. The van der Waals surface area contributed by atoms with Crippen LogP contribution in [0.4, 0.5) is 13.2 Å². The normalized spacial score (nSPS) is 13.2. The Morgan fingerprint density at radius 2 is 1.35 bits per heavy atom. The average molecular weight is 568 g/mol. The molecule has 40 heavy (non-hydrogen) atoms. The lowest BCUT2D eigenvalue weighted by Gasteiger charge is -2.24. The highest BCUT2D eigenvalue weighted by molar-refractivity contribution is 5.92. The Kier molecular flexibility index (Phi) is 14.4. The molecule has 0 aliphatic rings. The van der Waals surface area contributed by atoms with E-state index in [1.165, 1.54) is 7.11 Å². The predicted molar refractivity (Wildman–Crippen MR) is 142 cm³/mol. The Labute approximate surface area is 231 Å². The summed E-state index contributed by atoms with van der Waals surface area (Å²) in [7, 11) is 1.28. The minimum Gasteiger partial charge on any atom is -0.475 e. The van der Waals surface area contributed by atoms with Gasteiger partial charge in [-0.3, -0.25) is 9.59 Å². The van der Waals surface area contributed by atoms with E-state index in [0.717, 1.165) is 11.1 Å². The quantitative estimate of drug-likeness (QED) is 0.288. The molecule has 2 amide bonds. The van der Waals surface area contributed by atoms with E-state index in [0.29, 0.717) is 19.3 Å². The molecule has 3 atom stereocenters. The number of aliphatic carboxylic acids is 1. The summed E-state index contributed by atoms with van der Waals surface area (Å²) in [5.74, 6) is -3.97. The molecule has 0 aromatic heterocycles. The van der Waals surface area contributed by atoms with Gasteiger partial charge in [-0.2, -0.15) is 13.2 Å². The SMILES string of the molecule is COC(=O)[C@@H](Cc1ccccc1)NC(=O)[C@H](CC(C)C)NC(=O)[C@H](N)CCc1ccccc1.O=C(O)C(F)(F)F. The van der Waals surface area contributed by atoms with Crippen molar-refractivity contribution >= 4 is 23.8 Å². The molecule has 0 unspecified atom stereocenters. The number of hydrogen-bond acceptors (Lipinski definition) is 6. The number of nitrogens with two attached hydrogens (primary N) is 1. The van der Waals surface area contributed by atoms with Gasteiger partial charge in [0.15, 0.2) is 0 Å². The monoisotopic (exact) mass is 567 g/mol. The molecule has 0 saturated carbocycles.